The molecule has 0 N–H and O–H groups in total. The Kier molecular flexibility index (Phi) is 5.73. The van der Waals surface area contributed by atoms with E-state index in [1.807, 2.05) is 7.11 Å². The number of hydrogen-bond donors (Lipinski definition) is 0. The Balaban J connectivity index is 2.52. The van der Waals surface area contributed by atoms with Crippen molar-refractivity contribution in [1.29, 1.82) is 0 Å². The summed E-state index contributed by atoms with van der Waals surface area (Å²) in [5, 5.41) is 0. The minimum atomic E-state index is 0.573. The van der Waals surface area contributed by atoms with Crippen LogP contribution in [-0.2, 0) is 4.74 Å². The fourth-order valence-electron chi connectivity index (χ4n) is 2.45. The smallest absolute Gasteiger partial charge is 0.0630 e. The summed E-state index contributed by atoms with van der Waals surface area (Å²) in [6.07, 6.45) is 0. The summed E-state index contributed by atoms with van der Waals surface area (Å²) in [5.74, 6) is 0.741. The van der Waals surface area contributed by atoms with Gasteiger partial charge in [0.05, 0.1) is 6.61 Å². The van der Waals surface area contributed by atoms with Crippen LogP contribution in [0, 0.1) is 5.92 Å². The summed E-state index contributed by atoms with van der Waals surface area (Å²) in [4.78, 5) is 5.15. The normalized spacial score (nSPS) is 24.6. The maximum atomic E-state index is 5.35. The van der Waals surface area contributed by atoms with Gasteiger partial charge < -0.3 is 4.74 Å². The van der Waals surface area contributed by atoms with Gasteiger partial charge in [0.2, 0.25) is 0 Å². The average Bonchev–Trinajstić information content (AvgIpc) is 2.20. The lowest BCUT2D eigenvalue weighted by molar-refractivity contribution is 0.00887. The Hall–Kier alpha value is -0.120. The van der Waals surface area contributed by atoms with E-state index in [0.717, 1.165) is 19.1 Å². The third-order valence-electron chi connectivity index (χ3n) is 3.33. The average molecular weight is 228 g/mol. The number of rotatable bonds is 5. The number of nitrogens with zero attached hydrogens (tertiary/aromatic N) is 2. The monoisotopic (exact) mass is 228 g/mol. The standard InChI is InChI=1S/C13H28N2O/c1-11(2)8-15-7-6-14(12(3)4)9-13(15)10-16-5/h11-13H,6-10H2,1-5H3. The van der Waals surface area contributed by atoms with E-state index in [1.54, 1.807) is 0 Å². The van der Waals surface area contributed by atoms with Gasteiger partial charge in [-0.05, 0) is 19.8 Å². The van der Waals surface area contributed by atoms with Crippen LogP contribution >= 0.6 is 0 Å². The Labute approximate surface area is 101 Å². The SMILES string of the molecule is COCC1CN(C(C)C)CCN1CC(C)C. The van der Waals surface area contributed by atoms with Crippen molar-refractivity contribution in [2.75, 3.05) is 39.9 Å². The van der Waals surface area contributed by atoms with Gasteiger partial charge in [0.15, 0.2) is 0 Å². The molecule has 1 heterocycles. The molecule has 3 heteroatoms. The summed E-state index contributed by atoms with van der Waals surface area (Å²) in [5.41, 5.74) is 0. The summed E-state index contributed by atoms with van der Waals surface area (Å²) >= 11 is 0. The second kappa shape index (κ2) is 6.58. The molecule has 1 aliphatic rings. The lowest BCUT2D eigenvalue weighted by Crippen LogP contribution is -2.57. The molecule has 1 rings (SSSR count). The summed E-state index contributed by atoms with van der Waals surface area (Å²) < 4.78 is 5.35. The topological polar surface area (TPSA) is 15.7 Å². The minimum Gasteiger partial charge on any atom is -0.383 e. The molecule has 0 aromatic heterocycles. The van der Waals surface area contributed by atoms with E-state index >= 15 is 0 Å². The molecule has 0 amide bonds. The predicted octanol–water partition coefficient (Wildman–Crippen LogP) is 1.68. The van der Waals surface area contributed by atoms with Crippen molar-refractivity contribution in [3.63, 3.8) is 0 Å². The first-order valence-electron chi connectivity index (χ1n) is 6.51. The van der Waals surface area contributed by atoms with Gasteiger partial charge >= 0.3 is 0 Å². The van der Waals surface area contributed by atoms with Crippen LogP contribution in [-0.4, -0.2) is 61.8 Å². The van der Waals surface area contributed by atoms with Crippen molar-refractivity contribution in [3.8, 4) is 0 Å². The molecular weight excluding hydrogens is 200 g/mol. The molecule has 16 heavy (non-hydrogen) atoms. The van der Waals surface area contributed by atoms with E-state index in [1.165, 1.54) is 19.6 Å². The first-order chi connectivity index (χ1) is 7.54. The summed E-state index contributed by atoms with van der Waals surface area (Å²) in [6, 6.07) is 1.23. The third-order valence-corrected chi connectivity index (χ3v) is 3.33. The molecule has 1 fully saturated rings. The van der Waals surface area contributed by atoms with Crippen LogP contribution in [0.5, 0.6) is 0 Å². The molecule has 0 spiro atoms. The Bertz CT molecular complexity index is 194. The molecule has 96 valence electrons. The Morgan fingerprint density at radius 3 is 2.38 bits per heavy atom. The van der Waals surface area contributed by atoms with Crippen LogP contribution in [0.2, 0.25) is 0 Å². The van der Waals surface area contributed by atoms with Crippen LogP contribution in [0.4, 0.5) is 0 Å². The van der Waals surface area contributed by atoms with Gasteiger partial charge in [0.1, 0.15) is 0 Å². The number of methoxy groups -OCH3 is 1. The van der Waals surface area contributed by atoms with Crippen LogP contribution in [0.25, 0.3) is 0 Å². The molecule has 1 unspecified atom stereocenters. The first-order valence-corrected chi connectivity index (χ1v) is 6.51. The lowest BCUT2D eigenvalue weighted by atomic mass is 10.1. The molecule has 0 aromatic rings. The van der Waals surface area contributed by atoms with E-state index in [2.05, 4.69) is 37.5 Å². The van der Waals surface area contributed by atoms with Crippen LogP contribution in [0.15, 0.2) is 0 Å². The predicted molar refractivity (Wildman–Crippen MR) is 68.8 cm³/mol. The Morgan fingerprint density at radius 2 is 1.88 bits per heavy atom. The third kappa shape index (κ3) is 4.04. The zero-order valence-corrected chi connectivity index (χ0v) is 11.6. The molecule has 0 aliphatic carbocycles. The van der Waals surface area contributed by atoms with E-state index < -0.39 is 0 Å². The zero-order chi connectivity index (χ0) is 12.1. The second-order valence-corrected chi connectivity index (χ2v) is 5.59. The maximum Gasteiger partial charge on any atom is 0.0630 e. The van der Waals surface area contributed by atoms with Crippen LogP contribution in [0.1, 0.15) is 27.7 Å². The first kappa shape index (κ1) is 13.9. The molecule has 0 saturated carbocycles. The number of piperazine rings is 1. The van der Waals surface area contributed by atoms with Crippen molar-refractivity contribution in [2.24, 2.45) is 5.92 Å². The second-order valence-electron chi connectivity index (χ2n) is 5.59. The highest BCUT2D eigenvalue weighted by Crippen LogP contribution is 2.14. The number of hydrogen-bond acceptors (Lipinski definition) is 3. The van der Waals surface area contributed by atoms with Crippen molar-refractivity contribution in [3.05, 3.63) is 0 Å². The molecule has 1 saturated heterocycles. The van der Waals surface area contributed by atoms with E-state index in [0.29, 0.717) is 12.1 Å². The number of ether oxygens (including phenoxy) is 1. The van der Waals surface area contributed by atoms with Gasteiger partial charge in [0, 0.05) is 45.4 Å². The van der Waals surface area contributed by atoms with Crippen molar-refractivity contribution >= 4 is 0 Å². The minimum absolute atomic E-state index is 0.573. The summed E-state index contributed by atoms with van der Waals surface area (Å²) in [7, 11) is 1.81. The molecule has 0 aromatic carbocycles. The molecule has 0 radical (unpaired) electrons. The fourth-order valence-corrected chi connectivity index (χ4v) is 2.45. The van der Waals surface area contributed by atoms with Crippen molar-refractivity contribution < 1.29 is 4.74 Å². The van der Waals surface area contributed by atoms with Crippen LogP contribution < -0.4 is 0 Å². The lowest BCUT2D eigenvalue weighted by Gasteiger charge is -2.43. The fraction of sp³-hybridized carbons (Fsp3) is 1.00. The van der Waals surface area contributed by atoms with Gasteiger partial charge in [-0.2, -0.15) is 0 Å². The Morgan fingerprint density at radius 1 is 1.19 bits per heavy atom. The quantitative estimate of drug-likeness (QED) is 0.712. The van der Waals surface area contributed by atoms with Crippen molar-refractivity contribution in [1.82, 2.24) is 9.80 Å². The molecule has 3 nitrogen and oxygen atoms in total. The van der Waals surface area contributed by atoms with Gasteiger partial charge in [0.25, 0.3) is 0 Å². The van der Waals surface area contributed by atoms with Gasteiger partial charge in [-0.25, -0.2) is 0 Å². The zero-order valence-electron chi connectivity index (χ0n) is 11.6. The molecular formula is C13H28N2O. The summed E-state index contributed by atoms with van der Waals surface area (Å²) in [6.45, 7) is 14.7. The van der Waals surface area contributed by atoms with E-state index in [4.69, 9.17) is 4.74 Å². The van der Waals surface area contributed by atoms with Crippen molar-refractivity contribution in [2.45, 2.75) is 39.8 Å². The van der Waals surface area contributed by atoms with Gasteiger partial charge in [-0.15, -0.1) is 0 Å². The van der Waals surface area contributed by atoms with E-state index in [9.17, 15) is 0 Å². The molecule has 1 aliphatic heterocycles. The van der Waals surface area contributed by atoms with E-state index in [-0.39, 0.29) is 0 Å². The van der Waals surface area contributed by atoms with Crippen LogP contribution in [0.3, 0.4) is 0 Å². The highest BCUT2D eigenvalue weighted by atomic mass is 16.5. The van der Waals surface area contributed by atoms with Gasteiger partial charge in [-0.3, -0.25) is 9.80 Å². The molecule has 1 atom stereocenters. The molecule has 0 bridgehead atoms. The highest BCUT2D eigenvalue weighted by molar-refractivity contribution is 4.83. The highest BCUT2D eigenvalue weighted by Gasteiger charge is 2.28. The maximum absolute atomic E-state index is 5.35. The largest absolute Gasteiger partial charge is 0.383 e. The van der Waals surface area contributed by atoms with Gasteiger partial charge in [-0.1, -0.05) is 13.8 Å².